The molecule has 1 aliphatic carbocycles. The quantitative estimate of drug-likeness (QED) is 0.501. The molecule has 1 saturated heterocycles. The molecule has 1 aliphatic heterocycles. The Hall–Kier alpha value is -1.84. The summed E-state index contributed by atoms with van der Waals surface area (Å²) < 4.78 is 39.6. The summed E-state index contributed by atoms with van der Waals surface area (Å²) in [5.41, 5.74) is 0. The minimum atomic E-state index is -4.11. The van der Waals surface area contributed by atoms with Gasteiger partial charge in [0.1, 0.15) is 12.4 Å². The van der Waals surface area contributed by atoms with Crippen molar-refractivity contribution < 1.29 is 13.2 Å². The van der Waals surface area contributed by atoms with Crippen LogP contribution < -0.4 is 10.6 Å². The van der Waals surface area contributed by atoms with Gasteiger partial charge in [-0.2, -0.15) is 13.2 Å². The van der Waals surface area contributed by atoms with Gasteiger partial charge in [0.15, 0.2) is 11.8 Å². The number of likely N-dealkylation sites (tertiary alicyclic amines) is 1. The highest BCUT2D eigenvalue weighted by atomic mass is 19.4. The number of nitrogens with zero attached hydrogens (tertiary/aromatic N) is 5. The lowest BCUT2D eigenvalue weighted by atomic mass is 9.93. The van der Waals surface area contributed by atoms with Crippen LogP contribution >= 0.6 is 0 Å². The zero-order chi connectivity index (χ0) is 22.3. The number of hydrogen-bond acceptors (Lipinski definition) is 4. The van der Waals surface area contributed by atoms with E-state index in [-0.39, 0.29) is 0 Å². The number of aromatic nitrogens is 3. The molecule has 31 heavy (non-hydrogen) atoms. The number of hydrogen-bond donors (Lipinski definition) is 2. The first-order chi connectivity index (χ1) is 14.8. The number of guanidine groups is 1. The summed E-state index contributed by atoms with van der Waals surface area (Å²) in [6.07, 6.45) is 4.55. The van der Waals surface area contributed by atoms with Crippen molar-refractivity contribution in [3.8, 4) is 0 Å². The minimum absolute atomic E-state index is 0.437. The zero-order valence-electron chi connectivity index (χ0n) is 18.7. The summed E-state index contributed by atoms with van der Waals surface area (Å²) in [7, 11) is 1.94. The van der Waals surface area contributed by atoms with Gasteiger partial charge in [0.05, 0.1) is 6.54 Å². The van der Waals surface area contributed by atoms with Crippen LogP contribution in [-0.4, -0.2) is 64.0 Å². The molecule has 0 amide bonds. The topological polar surface area (TPSA) is 70.4 Å². The molecule has 2 aliphatic rings. The van der Waals surface area contributed by atoms with E-state index in [1.54, 1.807) is 0 Å². The molecule has 0 atom stereocenters. The lowest BCUT2D eigenvalue weighted by Gasteiger charge is -2.32. The van der Waals surface area contributed by atoms with Crippen molar-refractivity contribution in [1.82, 2.24) is 30.3 Å². The van der Waals surface area contributed by atoms with Crippen LogP contribution in [-0.2, 0) is 13.6 Å². The Balaban J connectivity index is 1.47. The van der Waals surface area contributed by atoms with E-state index in [2.05, 4.69) is 20.8 Å². The number of alkyl halides is 3. The smallest absolute Gasteiger partial charge is 0.356 e. The first-order valence-electron chi connectivity index (χ1n) is 11.5. The second kappa shape index (κ2) is 11.2. The highest BCUT2D eigenvalue weighted by molar-refractivity contribution is 5.80. The summed E-state index contributed by atoms with van der Waals surface area (Å²) in [6, 6.07) is 0.437. The van der Waals surface area contributed by atoms with Crippen molar-refractivity contribution in [2.45, 2.75) is 77.1 Å². The van der Waals surface area contributed by atoms with Gasteiger partial charge in [-0.05, 0) is 58.0 Å². The van der Waals surface area contributed by atoms with Crippen molar-refractivity contribution in [2.75, 3.05) is 26.2 Å². The summed E-state index contributed by atoms with van der Waals surface area (Å²) in [5.74, 6) is 2.92. The Kier molecular flexibility index (Phi) is 8.57. The number of aryl methyl sites for hydroxylation is 1. The number of nitrogens with one attached hydrogen (secondary N) is 2. The predicted molar refractivity (Wildman–Crippen MR) is 115 cm³/mol. The predicted octanol–water partition coefficient (Wildman–Crippen LogP) is 3.16. The van der Waals surface area contributed by atoms with Crippen molar-refractivity contribution in [2.24, 2.45) is 18.0 Å². The Morgan fingerprint density at radius 2 is 1.81 bits per heavy atom. The number of halogens is 3. The van der Waals surface area contributed by atoms with Gasteiger partial charge < -0.3 is 15.2 Å². The van der Waals surface area contributed by atoms with Gasteiger partial charge in [0.2, 0.25) is 0 Å². The molecule has 1 aromatic heterocycles. The third-order valence-electron chi connectivity index (χ3n) is 6.46. The van der Waals surface area contributed by atoms with Crippen LogP contribution in [0.3, 0.4) is 0 Å². The molecule has 1 aromatic rings. The second-order valence-electron chi connectivity index (χ2n) is 8.92. The molecule has 0 unspecified atom stereocenters. The Bertz CT molecular complexity index is 702. The fourth-order valence-electron chi connectivity index (χ4n) is 4.41. The van der Waals surface area contributed by atoms with Gasteiger partial charge in [0.25, 0.3) is 0 Å². The van der Waals surface area contributed by atoms with Crippen LogP contribution in [0.1, 0.15) is 63.0 Å². The number of rotatable bonds is 7. The SMILES string of the molecule is Cc1nnc(CN=C(NCCC2CCN(CC(F)(F)F)CC2)NC2CCCCC2)n1C. The normalized spacial score (nSPS) is 20.2. The standard InChI is InChI=1S/C21H36F3N7/c1-16-28-29-19(30(16)2)14-26-20(27-18-6-4-3-5-7-18)25-11-8-17-9-12-31(13-10-17)15-21(22,23)24/h17-18H,3-15H2,1-2H3,(H2,25,26,27). The summed E-state index contributed by atoms with van der Waals surface area (Å²) in [6.45, 7) is 3.39. The van der Waals surface area contributed by atoms with Crippen LogP contribution in [0.2, 0.25) is 0 Å². The summed E-state index contributed by atoms with van der Waals surface area (Å²) >= 11 is 0. The van der Waals surface area contributed by atoms with E-state index in [1.807, 2.05) is 18.5 Å². The molecule has 176 valence electrons. The van der Waals surface area contributed by atoms with Gasteiger partial charge in [-0.15, -0.1) is 10.2 Å². The molecule has 7 nitrogen and oxygen atoms in total. The molecule has 3 rings (SSSR count). The monoisotopic (exact) mass is 443 g/mol. The Morgan fingerprint density at radius 3 is 2.42 bits per heavy atom. The lowest BCUT2D eigenvalue weighted by Crippen LogP contribution is -2.45. The van der Waals surface area contributed by atoms with Gasteiger partial charge in [-0.3, -0.25) is 4.90 Å². The molecule has 10 heteroatoms. The largest absolute Gasteiger partial charge is 0.401 e. The van der Waals surface area contributed by atoms with Gasteiger partial charge in [0, 0.05) is 19.6 Å². The van der Waals surface area contributed by atoms with E-state index in [4.69, 9.17) is 4.99 Å². The van der Waals surface area contributed by atoms with E-state index in [0.29, 0.717) is 31.6 Å². The van der Waals surface area contributed by atoms with E-state index in [9.17, 15) is 13.2 Å². The van der Waals surface area contributed by atoms with Crippen LogP contribution in [0.15, 0.2) is 4.99 Å². The van der Waals surface area contributed by atoms with E-state index in [1.165, 1.54) is 24.2 Å². The van der Waals surface area contributed by atoms with E-state index >= 15 is 0 Å². The fourth-order valence-corrected chi connectivity index (χ4v) is 4.41. The lowest BCUT2D eigenvalue weighted by molar-refractivity contribution is -0.148. The average Bonchev–Trinajstić information content (AvgIpc) is 3.05. The molecule has 0 aromatic carbocycles. The van der Waals surface area contributed by atoms with E-state index in [0.717, 1.165) is 56.3 Å². The first kappa shape index (κ1) is 23.8. The molecule has 2 N–H and O–H groups in total. The average molecular weight is 444 g/mol. The summed E-state index contributed by atoms with van der Waals surface area (Å²) in [5, 5.41) is 15.3. The van der Waals surface area contributed by atoms with Crippen LogP contribution in [0.5, 0.6) is 0 Å². The molecule has 2 fully saturated rings. The maximum atomic E-state index is 12.6. The number of piperidine rings is 1. The highest BCUT2D eigenvalue weighted by Crippen LogP contribution is 2.24. The van der Waals surface area contributed by atoms with Crippen LogP contribution in [0.25, 0.3) is 0 Å². The minimum Gasteiger partial charge on any atom is -0.356 e. The van der Waals surface area contributed by atoms with Crippen LogP contribution in [0.4, 0.5) is 13.2 Å². The van der Waals surface area contributed by atoms with Crippen LogP contribution in [0, 0.1) is 12.8 Å². The van der Waals surface area contributed by atoms with Crippen molar-refractivity contribution in [3.05, 3.63) is 11.6 Å². The van der Waals surface area contributed by atoms with Crippen molar-refractivity contribution in [3.63, 3.8) is 0 Å². The molecule has 2 heterocycles. The van der Waals surface area contributed by atoms with E-state index < -0.39 is 12.7 Å². The maximum absolute atomic E-state index is 12.6. The van der Waals surface area contributed by atoms with Crippen molar-refractivity contribution in [1.29, 1.82) is 0 Å². The number of aliphatic imine (C=N–C) groups is 1. The summed E-state index contributed by atoms with van der Waals surface area (Å²) in [4.78, 5) is 6.25. The second-order valence-corrected chi connectivity index (χ2v) is 8.92. The fraction of sp³-hybridized carbons (Fsp3) is 0.857. The van der Waals surface area contributed by atoms with Gasteiger partial charge >= 0.3 is 6.18 Å². The van der Waals surface area contributed by atoms with Gasteiger partial charge in [-0.25, -0.2) is 4.99 Å². The van der Waals surface area contributed by atoms with Gasteiger partial charge in [-0.1, -0.05) is 19.3 Å². The molecule has 0 bridgehead atoms. The highest BCUT2D eigenvalue weighted by Gasteiger charge is 2.32. The maximum Gasteiger partial charge on any atom is 0.401 e. The first-order valence-corrected chi connectivity index (χ1v) is 11.5. The third kappa shape index (κ3) is 7.97. The molecule has 0 radical (unpaired) electrons. The molecule has 0 spiro atoms. The molecular weight excluding hydrogens is 407 g/mol. The Labute approximate surface area is 182 Å². The zero-order valence-corrected chi connectivity index (χ0v) is 18.7. The van der Waals surface area contributed by atoms with Crippen molar-refractivity contribution >= 4 is 5.96 Å². The third-order valence-corrected chi connectivity index (χ3v) is 6.46. The Morgan fingerprint density at radius 1 is 1.10 bits per heavy atom. The molecule has 1 saturated carbocycles. The molecular formula is C21H36F3N7.